The van der Waals surface area contributed by atoms with Crippen molar-refractivity contribution in [3.63, 3.8) is 0 Å². The maximum atomic E-state index is 14.1. The number of carbonyl (C=O) groups is 2. The van der Waals surface area contributed by atoms with E-state index >= 15 is 0 Å². The summed E-state index contributed by atoms with van der Waals surface area (Å²) in [7, 11) is 1.62. The van der Waals surface area contributed by atoms with Gasteiger partial charge in [-0.15, -0.1) is 0 Å². The number of alkyl carbamates (subject to hydrolysis) is 1. The van der Waals surface area contributed by atoms with Gasteiger partial charge in [0.25, 0.3) is 5.91 Å². The van der Waals surface area contributed by atoms with Crippen molar-refractivity contribution in [2.45, 2.75) is 77.2 Å². The number of fused-ring (bicyclic) bond motifs is 4. The van der Waals surface area contributed by atoms with E-state index in [4.69, 9.17) is 19.4 Å². The molecule has 236 valence electrons. The van der Waals surface area contributed by atoms with Gasteiger partial charge in [-0.25, -0.2) is 14.8 Å². The first-order valence-electron chi connectivity index (χ1n) is 16.2. The molecule has 1 N–H and O–H groups in total. The fourth-order valence-corrected chi connectivity index (χ4v) is 7.48. The minimum absolute atomic E-state index is 0.0604. The van der Waals surface area contributed by atoms with E-state index in [1.54, 1.807) is 7.11 Å². The van der Waals surface area contributed by atoms with Gasteiger partial charge >= 0.3 is 6.09 Å². The van der Waals surface area contributed by atoms with E-state index in [1.807, 2.05) is 71.7 Å². The zero-order valence-electron chi connectivity index (χ0n) is 26.4. The van der Waals surface area contributed by atoms with Crippen LogP contribution in [0.5, 0.6) is 5.88 Å². The molecule has 10 nitrogen and oxygen atoms in total. The lowest BCUT2D eigenvalue weighted by atomic mass is 9.96. The van der Waals surface area contributed by atoms with Crippen LogP contribution in [-0.4, -0.2) is 61.1 Å². The number of amides is 2. The Morgan fingerprint density at radius 1 is 0.978 bits per heavy atom. The van der Waals surface area contributed by atoms with Crippen LogP contribution in [0.25, 0.3) is 28.1 Å². The molecular formula is C36H38N6O4. The second kappa shape index (κ2) is 11.2. The highest BCUT2D eigenvalue weighted by Crippen LogP contribution is 2.40. The predicted octanol–water partition coefficient (Wildman–Crippen LogP) is 6.06. The molecule has 6 heterocycles. The number of pyridine rings is 2. The van der Waals surface area contributed by atoms with Gasteiger partial charge in [-0.05, 0) is 81.7 Å². The lowest BCUT2D eigenvalue weighted by Crippen LogP contribution is -2.45. The topological polar surface area (TPSA) is 103 Å². The molecule has 0 radical (unpaired) electrons. The van der Waals surface area contributed by atoms with Crippen LogP contribution in [0.4, 0.5) is 4.79 Å². The third-order valence-electron chi connectivity index (χ3n) is 9.92. The largest absolute Gasteiger partial charge is 0.482 e. The summed E-state index contributed by atoms with van der Waals surface area (Å²) in [5.74, 6) is 1.15. The number of carbonyl (C=O) groups excluding carboxylic acids is 2. The molecule has 4 aromatic heterocycles. The summed E-state index contributed by atoms with van der Waals surface area (Å²) in [6, 6.07) is 19.5. The number of rotatable bonds is 8. The molecule has 2 saturated heterocycles. The van der Waals surface area contributed by atoms with Crippen molar-refractivity contribution in [2.24, 2.45) is 5.92 Å². The summed E-state index contributed by atoms with van der Waals surface area (Å²) in [6.45, 7) is 5.19. The number of ether oxygens (including phenoxy) is 2. The fourth-order valence-electron chi connectivity index (χ4n) is 7.48. The van der Waals surface area contributed by atoms with Gasteiger partial charge in [0.05, 0.1) is 30.6 Å². The van der Waals surface area contributed by atoms with E-state index in [1.165, 1.54) is 12.8 Å². The van der Waals surface area contributed by atoms with E-state index < -0.39 is 6.09 Å². The SMILES string of the molecule is COc1cc(C(=O)N2C3CCC2C(NC(=O)OCc2ccccc2)C3)cc2nc(-c3cc4ccc(C)nc4n3CC3CC3)c(C)n12. The molecule has 46 heavy (non-hydrogen) atoms. The van der Waals surface area contributed by atoms with Crippen LogP contribution < -0.4 is 10.1 Å². The van der Waals surface area contributed by atoms with Gasteiger partial charge < -0.3 is 24.3 Å². The predicted molar refractivity (Wildman–Crippen MR) is 174 cm³/mol. The first kappa shape index (κ1) is 28.6. The summed E-state index contributed by atoms with van der Waals surface area (Å²) >= 11 is 0. The van der Waals surface area contributed by atoms with E-state index in [0.29, 0.717) is 29.4 Å². The molecule has 2 bridgehead atoms. The monoisotopic (exact) mass is 618 g/mol. The van der Waals surface area contributed by atoms with E-state index in [0.717, 1.165) is 58.8 Å². The molecule has 1 aromatic carbocycles. The third kappa shape index (κ3) is 4.96. The Morgan fingerprint density at radius 2 is 1.80 bits per heavy atom. The summed E-state index contributed by atoms with van der Waals surface area (Å²) in [5.41, 5.74) is 6.93. The van der Waals surface area contributed by atoms with Gasteiger partial charge in [-0.1, -0.05) is 30.3 Å². The first-order valence-corrected chi connectivity index (χ1v) is 16.2. The third-order valence-corrected chi connectivity index (χ3v) is 9.92. The number of nitrogens with zero attached hydrogens (tertiary/aromatic N) is 5. The molecule has 10 heteroatoms. The highest BCUT2D eigenvalue weighted by molar-refractivity contribution is 5.97. The number of methoxy groups -OCH3 is 1. The van der Waals surface area contributed by atoms with Crippen molar-refractivity contribution in [2.75, 3.05) is 7.11 Å². The lowest BCUT2D eigenvalue weighted by molar-refractivity contribution is 0.0719. The molecule has 2 aliphatic heterocycles. The number of aryl methyl sites for hydroxylation is 2. The minimum Gasteiger partial charge on any atom is -0.482 e. The van der Waals surface area contributed by atoms with Crippen LogP contribution >= 0.6 is 0 Å². The Labute approximate surface area is 267 Å². The van der Waals surface area contributed by atoms with Crippen molar-refractivity contribution in [1.29, 1.82) is 0 Å². The Bertz CT molecular complexity index is 1980. The standard InChI is InChI=1S/C36H38N6O4/c1-21-9-12-25-15-30(40(34(25)37-21)19-23-10-11-23)33-22(2)41-31(39-33)16-26(17-32(41)45-3)35(43)42-27-13-14-29(42)28(18-27)38-36(44)46-20-24-7-5-4-6-8-24/h4-9,12,15-17,23,27-29H,10-11,13-14,18-20H2,1-3H3,(H,38,44). The number of hydrogen-bond acceptors (Lipinski definition) is 6. The average Bonchev–Trinajstić information content (AvgIpc) is 3.38. The van der Waals surface area contributed by atoms with Gasteiger partial charge in [0, 0.05) is 35.3 Å². The molecule has 3 fully saturated rings. The smallest absolute Gasteiger partial charge is 0.407 e. The molecule has 5 aromatic rings. The maximum Gasteiger partial charge on any atom is 0.407 e. The number of benzene rings is 1. The van der Waals surface area contributed by atoms with Crippen LogP contribution in [0.2, 0.25) is 0 Å². The highest BCUT2D eigenvalue weighted by atomic mass is 16.5. The van der Waals surface area contributed by atoms with Crippen molar-refractivity contribution < 1.29 is 19.1 Å². The van der Waals surface area contributed by atoms with Gasteiger partial charge in [-0.2, -0.15) is 0 Å². The molecule has 1 aliphatic carbocycles. The van der Waals surface area contributed by atoms with Crippen molar-refractivity contribution in [3.05, 3.63) is 83.2 Å². The molecule has 8 rings (SSSR count). The number of imidazole rings is 1. The zero-order chi connectivity index (χ0) is 31.5. The molecule has 0 spiro atoms. The maximum absolute atomic E-state index is 14.1. The van der Waals surface area contributed by atoms with Gasteiger partial charge in [-0.3, -0.25) is 9.20 Å². The average molecular weight is 619 g/mol. The van der Waals surface area contributed by atoms with Crippen molar-refractivity contribution >= 4 is 28.7 Å². The molecule has 3 atom stereocenters. The summed E-state index contributed by atoms with van der Waals surface area (Å²) in [6.07, 6.45) is 4.48. The van der Waals surface area contributed by atoms with Crippen LogP contribution in [0.3, 0.4) is 0 Å². The summed E-state index contributed by atoms with van der Waals surface area (Å²) in [5, 5.41) is 4.13. The first-order chi connectivity index (χ1) is 22.4. The second-order valence-corrected chi connectivity index (χ2v) is 13.0. The van der Waals surface area contributed by atoms with Crippen molar-refractivity contribution in [1.82, 2.24) is 29.2 Å². The van der Waals surface area contributed by atoms with Crippen LogP contribution in [0.15, 0.2) is 60.7 Å². The molecule has 3 unspecified atom stereocenters. The Kier molecular flexibility index (Phi) is 6.96. The highest BCUT2D eigenvalue weighted by Gasteiger charge is 2.49. The molecular weight excluding hydrogens is 580 g/mol. The lowest BCUT2D eigenvalue weighted by Gasteiger charge is -2.25. The fraction of sp³-hybridized carbons (Fsp3) is 0.389. The zero-order valence-corrected chi connectivity index (χ0v) is 26.4. The molecule has 1 saturated carbocycles. The number of aromatic nitrogens is 4. The van der Waals surface area contributed by atoms with Crippen LogP contribution in [-0.2, 0) is 17.9 Å². The van der Waals surface area contributed by atoms with Crippen LogP contribution in [0, 0.1) is 19.8 Å². The van der Waals surface area contributed by atoms with Crippen molar-refractivity contribution in [3.8, 4) is 17.3 Å². The Hall–Kier alpha value is -4.86. The normalized spacial score (nSPS) is 20.5. The van der Waals surface area contributed by atoms with E-state index in [2.05, 4.69) is 22.0 Å². The number of hydrogen-bond donors (Lipinski definition) is 1. The van der Waals surface area contributed by atoms with E-state index in [9.17, 15) is 9.59 Å². The number of nitrogens with one attached hydrogen (secondary N) is 1. The van der Waals surface area contributed by atoms with Gasteiger partial charge in [0.15, 0.2) is 5.88 Å². The quantitative estimate of drug-likeness (QED) is 0.227. The Balaban J connectivity index is 1.08. The minimum atomic E-state index is -0.457. The van der Waals surface area contributed by atoms with E-state index in [-0.39, 0.29) is 30.6 Å². The molecule has 3 aliphatic rings. The molecule has 2 amide bonds. The van der Waals surface area contributed by atoms with Gasteiger partial charge in [0.2, 0.25) is 0 Å². The van der Waals surface area contributed by atoms with Gasteiger partial charge in [0.1, 0.15) is 23.6 Å². The summed E-state index contributed by atoms with van der Waals surface area (Å²) in [4.78, 5) is 38.7. The van der Waals surface area contributed by atoms with Crippen LogP contribution in [0.1, 0.15) is 59.4 Å². The summed E-state index contributed by atoms with van der Waals surface area (Å²) < 4.78 is 15.6. The second-order valence-electron chi connectivity index (χ2n) is 13.0. The Morgan fingerprint density at radius 3 is 2.59 bits per heavy atom.